The number of amides is 2. The Labute approximate surface area is 84.0 Å². The van der Waals surface area contributed by atoms with E-state index >= 15 is 0 Å². The molecule has 1 fully saturated rings. The fraction of sp³-hybridized carbons (Fsp3) is 0.889. The summed E-state index contributed by atoms with van der Waals surface area (Å²) >= 11 is 1.78. The van der Waals surface area contributed by atoms with E-state index in [0.717, 1.165) is 12.2 Å². The molecule has 13 heavy (non-hydrogen) atoms. The lowest BCUT2D eigenvalue weighted by Gasteiger charge is -2.16. The molecule has 0 aromatic heterocycles. The van der Waals surface area contributed by atoms with E-state index < -0.39 is 0 Å². The van der Waals surface area contributed by atoms with E-state index in [-0.39, 0.29) is 6.03 Å². The van der Waals surface area contributed by atoms with Gasteiger partial charge in [-0.05, 0) is 12.7 Å². The van der Waals surface area contributed by atoms with E-state index in [0.29, 0.717) is 12.1 Å². The van der Waals surface area contributed by atoms with Crippen LogP contribution in [0.5, 0.6) is 0 Å². The first-order valence-corrected chi connectivity index (χ1v) is 6.23. The van der Waals surface area contributed by atoms with Gasteiger partial charge in [0.2, 0.25) is 0 Å². The minimum absolute atomic E-state index is 0.000142. The first-order valence-electron chi connectivity index (χ1n) is 4.84. The molecule has 0 aliphatic carbocycles. The summed E-state index contributed by atoms with van der Waals surface area (Å²) in [6.07, 6.45) is 5.55. The second kappa shape index (κ2) is 5.37. The second-order valence-electron chi connectivity index (χ2n) is 3.43. The van der Waals surface area contributed by atoms with Gasteiger partial charge in [-0.1, -0.05) is 19.8 Å². The van der Waals surface area contributed by atoms with Crippen molar-refractivity contribution in [2.75, 3.05) is 12.0 Å². The van der Waals surface area contributed by atoms with Gasteiger partial charge in [0.25, 0.3) is 0 Å². The maximum absolute atomic E-state index is 11.1. The molecule has 0 aromatic carbocycles. The van der Waals surface area contributed by atoms with Crippen LogP contribution in [0, 0.1) is 0 Å². The van der Waals surface area contributed by atoms with Crippen molar-refractivity contribution in [2.45, 2.75) is 38.3 Å². The summed E-state index contributed by atoms with van der Waals surface area (Å²) in [7, 11) is 0. The van der Waals surface area contributed by atoms with Crippen molar-refractivity contribution < 1.29 is 4.79 Å². The molecule has 1 rings (SSSR count). The number of hydrogen-bond acceptors (Lipinski definition) is 2. The third kappa shape index (κ3) is 3.10. The second-order valence-corrected chi connectivity index (χ2v) is 4.34. The number of nitrogens with one attached hydrogen (secondary N) is 2. The van der Waals surface area contributed by atoms with Crippen molar-refractivity contribution in [3.63, 3.8) is 0 Å². The molecule has 0 radical (unpaired) electrons. The molecule has 1 heterocycles. The molecule has 1 aliphatic rings. The number of thioether (sulfide) groups is 1. The molecule has 1 aliphatic heterocycles. The predicted molar refractivity (Wildman–Crippen MR) is 57.2 cm³/mol. The Morgan fingerprint density at radius 1 is 1.38 bits per heavy atom. The standard InChI is InChI=1S/C9H18N2OS/c1-3-4-5-7-8(6-13-2)11-9(12)10-7/h7-8H,3-6H2,1-2H3,(H2,10,11,12)/t7-,8+/m1/s1. The van der Waals surface area contributed by atoms with Crippen LogP contribution in [-0.4, -0.2) is 30.1 Å². The van der Waals surface area contributed by atoms with Crippen LogP contribution in [0.25, 0.3) is 0 Å². The Balaban J connectivity index is 2.36. The fourth-order valence-corrected chi connectivity index (χ4v) is 2.29. The summed E-state index contributed by atoms with van der Waals surface area (Å²) < 4.78 is 0. The molecule has 1 saturated heterocycles. The number of unbranched alkanes of at least 4 members (excludes halogenated alkanes) is 1. The SMILES string of the molecule is CCCC[C@H]1NC(=O)N[C@H]1CSC. The van der Waals surface area contributed by atoms with Crippen molar-refractivity contribution in [1.82, 2.24) is 10.6 Å². The molecular weight excluding hydrogens is 184 g/mol. The third-order valence-corrected chi connectivity index (χ3v) is 3.03. The van der Waals surface area contributed by atoms with Crippen molar-refractivity contribution in [3.05, 3.63) is 0 Å². The average Bonchev–Trinajstić information content (AvgIpc) is 2.44. The van der Waals surface area contributed by atoms with E-state index in [1.165, 1.54) is 12.8 Å². The van der Waals surface area contributed by atoms with Crippen LogP contribution in [0.4, 0.5) is 4.79 Å². The van der Waals surface area contributed by atoms with Crippen molar-refractivity contribution in [3.8, 4) is 0 Å². The highest BCUT2D eigenvalue weighted by Gasteiger charge is 2.29. The largest absolute Gasteiger partial charge is 0.333 e. The molecule has 4 heteroatoms. The monoisotopic (exact) mass is 202 g/mol. The molecule has 2 atom stereocenters. The van der Waals surface area contributed by atoms with Crippen LogP contribution < -0.4 is 10.6 Å². The molecule has 0 bridgehead atoms. The van der Waals surface area contributed by atoms with Gasteiger partial charge in [-0.2, -0.15) is 11.8 Å². The zero-order chi connectivity index (χ0) is 9.68. The molecule has 0 saturated carbocycles. The summed E-state index contributed by atoms with van der Waals surface area (Å²) in [5.74, 6) is 1.01. The lowest BCUT2D eigenvalue weighted by molar-refractivity contribution is 0.247. The fourth-order valence-electron chi connectivity index (χ4n) is 1.61. The minimum Gasteiger partial charge on any atom is -0.333 e. The summed E-state index contributed by atoms with van der Waals surface area (Å²) in [6.45, 7) is 2.17. The van der Waals surface area contributed by atoms with Crippen LogP contribution in [0.2, 0.25) is 0 Å². The lowest BCUT2D eigenvalue weighted by atomic mass is 10.1. The first-order chi connectivity index (χ1) is 6.27. The predicted octanol–water partition coefficient (Wildman–Crippen LogP) is 1.59. The van der Waals surface area contributed by atoms with Gasteiger partial charge in [0.15, 0.2) is 0 Å². The Kier molecular flexibility index (Phi) is 4.42. The molecule has 0 spiro atoms. The summed E-state index contributed by atoms with van der Waals surface area (Å²) in [5, 5.41) is 5.90. The van der Waals surface area contributed by atoms with Gasteiger partial charge in [-0.15, -0.1) is 0 Å². The first kappa shape index (κ1) is 10.7. The molecule has 0 aromatic rings. The molecule has 2 N–H and O–H groups in total. The van der Waals surface area contributed by atoms with E-state index in [1.807, 2.05) is 0 Å². The highest BCUT2D eigenvalue weighted by Crippen LogP contribution is 2.12. The van der Waals surface area contributed by atoms with E-state index in [2.05, 4.69) is 23.8 Å². The molecular formula is C9H18N2OS. The maximum Gasteiger partial charge on any atom is 0.315 e. The zero-order valence-electron chi connectivity index (χ0n) is 8.30. The van der Waals surface area contributed by atoms with E-state index in [9.17, 15) is 4.79 Å². The van der Waals surface area contributed by atoms with Crippen LogP contribution in [-0.2, 0) is 0 Å². The highest BCUT2D eigenvalue weighted by atomic mass is 32.2. The Hall–Kier alpha value is -0.380. The van der Waals surface area contributed by atoms with Crippen LogP contribution in [0.1, 0.15) is 26.2 Å². The number of carbonyl (C=O) groups excluding carboxylic acids is 1. The Bertz CT molecular complexity index is 175. The number of rotatable bonds is 5. The van der Waals surface area contributed by atoms with E-state index in [4.69, 9.17) is 0 Å². The van der Waals surface area contributed by atoms with Crippen LogP contribution >= 0.6 is 11.8 Å². The quantitative estimate of drug-likeness (QED) is 0.711. The average molecular weight is 202 g/mol. The van der Waals surface area contributed by atoms with E-state index in [1.54, 1.807) is 11.8 Å². The van der Waals surface area contributed by atoms with Gasteiger partial charge in [0.05, 0.1) is 12.1 Å². The summed E-state index contributed by atoms with van der Waals surface area (Å²) in [5.41, 5.74) is 0. The van der Waals surface area contributed by atoms with Gasteiger partial charge < -0.3 is 10.6 Å². The number of hydrogen-bond donors (Lipinski definition) is 2. The van der Waals surface area contributed by atoms with Crippen molar-refractivity contribution in [1.29, 1.82) is 0 Å². The highest BCUT2D eigenvalue weighted by molar-refractivity contribution is 7.98. The Morgan fingerprint density at radius 3 is 2.69 bits per heavy atom. The van der Waals surface area contributed by atoms with Crippen molar-refractivity contribution >= 4 is 17.8 Å². The van der Waals surface area contributed by atoms with Gasteiger partial charge in [0, 0.05) is 5.75 Å². The maximum atomic E-state index is 11.1. The summed E-state index contributed by atoms with van der Waals surface area (Å²) in [4.78, 5) is 11.1. The topological polar surface area (TPSA) is 41.1 Å². The van der Waals surface area contributed by atoms with Gasteiger partial charge in [-0.3, -0.25) is 0 Å². The number of carbonyl (C=O) groups is 1. The number of urea groups is 1. The molecule has 2 amide bonds. The molecule has 3 nitrogen and oxygen atoms in total. The normalized spacial score (nSPS) is 27.1. The lowest BCUT2D eigenvalue weighted by Crippen LogP contribution is -2.35. The van der Waals surface area contributed by atoms with Crippen molar-refractivity contribution in [2.24, 2.45) is 0 Å². The van der Waals surface area contributed by atoms with Crippen LogP contribution in [0.15, 0.2) is 0 Å². The molecule has 0 unspecified atom stereocenters. The van der Waals surface area contributed by atoms with Gasteiger partial charge >= 0.3 is 6.03 Å². The Morgan fingerprint density at radius 2 is 2.08 bits per heavy atom. The third-order valence-electron chi connectivity index (χ3n) is 2.33. The van der Waals surface area contributed by atoms with Gasteiger partial charge in [-0.25, -0.2) is 4.79 Å². The smallest absolute Gasteiger partial charge is 0.315 e. The minimum atomic E-state index is 0.000142. The molecule has 76 valence electrons. The van der Waals surface area contributed by atoms with Gasteiger partial charge in [0.1, 0.15) is 0 Å². The zero-order valence-corrected chi connectivity index (χ0v) is 9.12. The summed E-state index contributed by atoms with van der Waals surface area (Å²) in [6, 6.07) is 0.675. The van der Waals surface area contributed by atoms with Crippen LogP contribution in [0.3, 0.4) is 0 Å².